The van der Waals surface area contributed by atoms with Gasteiger partial charge in [-0.3, -0.25) is 0 Å². The Balaban J connectivity index is 2.09. The molecule has 1 N–H and O–H groups in total. The van der Waals surface area contributed by atoms with Crippen molar-refractivity contribution in [3.63, 3.8) is 0 Å². The summed E-state index contributed by atoms with van der Waals surface area (Å²) in [6.07, 6.45) is 2.31. The molecule has 120 valence electrons. The van der Waals surface area contributed by atoms with E-state index in [1.165, 1.54) is 12.1 Å². The topological polar surface area (TPSA) is 29.9 Å². The number of piperidine rings is 1. The third kappa shape index (κ3) is 2.86. The first-order valence-corrected chi connectivity index (χ1v) is 7.93. The molecular weight excluding hydrogens is 284 g/mol. The van der Waals surface area contributed by atoms with Crippen LogP contribution in [0.15, 0.2) is 12.1 Å². The molecule has 1 saturated heterocycles. The molecule has 1 atom stereocenters. The minimum atomic E-state index is -0.836. The maximum absolute atomic E-state index is 13.7. The van der Waals surface area contributed by atoms with E-state index in [0.29, 0.717) is 17.0 Å². The van der Waals surface area contributed by atoms with E-state index in [9.17, 15) is 8.78 Å². The Labute approximate surface area is 129 Å². The van der Waals surface area contributed by atoms with Gasteiger partial charge in [0.05, 0.1) is 11.0 Å². The summed E-state index contributed by atoms with van der Waals surface area (Å²) >= 11 is 0. The normalized spacial score (nSPS) is 19.8. The average molecular weight is 307 g/mol. The molecule has 1 aromatic carbocycles. The van der Waals surface area contributed by atoms with Gasteiger partial charge in [-0.05, 0) is 31.8 Å². The highest BCUT2D eigenvalue weighted by Crippen LogP contribution is 2.29. The summed E-state index contributed by atoms with van der Waals surface area (Å²) < 4.78 is 29.3. The Kier molecular flexibility index (Phi) is 3.93. The number of aromatic nitrogens is 2. The number of imidazole rings is 1. The van der Waals surface area contributed by atoms with Gasteiger partial charge in [-0.15, -0.1) is 0 Å². The van der Waals surface area contributed by atoms with Gasteiger partial charge in [0.25, 0.3) is 0 Å². The monoisotopic (exact) mass is 307 g/mol. The van der Waals surface area contributed by atoms with Crippen LogP contribution in [-0.4, -0.2) is 22.6 Å². The van der Waals surface area contributed by atoms with E-state index in [2.05, 4.69) is 35.6 Å². The van der Waals surface area contributed by atoms with Crippen molar-refractivity contribution in [2.24, 2.45) is 5.92 Å². The number of hydrogen-bond donors (Lipinski definition) is 1. The van der Waals surface area contributed by atoms with Crippen LogP contribution < -0.4 is 5.32 Å². The quantitative estimate of drug-likeness (QED) is 0.918. The first-order valence-electron chi connectivity index (χ1n) is 7.93. The van der Waals surface area contributed by atoms with Crippen LogP contribution in [-0.2, 0) is 12.0 Å². The Bertz CT molecular complexity index is 679. The van der Waals surface area contributed by atoms with Gasteiger partial charge in [-0.2, -0.15) is 0 Å². The van der Waals surface area contributed by atoms with E-state index >= 15 is 0 Å². The molecular formula is C17H23F2N3. The number of rotatable bonds is 2. The van der Waals surface area contributed by atoms with Gasteiger partial charge >= 0.3 is 0 Å². The number of halogens is 2. The lowest BCUT2D eigenvalue weighted by Gasteiger charge is -2.26. The van der Waals surface area contributed by atoms with E-state index in [1.807, 2.05) is 0 Å². The third-order valence-electron chi connectivity index (χ3n) is 4.30. The van der Waals surface area contributed by atoms with Crippen LogP contribution in [0.1, 0.15) is 39.4 Å². The first kappa shape index (κ1) is 15.4. The lowest BCUT2D eigenvalue weighted by molar-refractivity contribution is 0.329. The molecule has 22 heavy (non-hydrogen) atoms. The standard InChI is InChI=1S/C17H23F2N3/c1-17(2,3)16-21-14-7-12(18)13(19)8-15(14)22(16)10-11-5-4-6-20-9-11/h7-8,11,20H,4-6,9-10H2,1-3H3. The number of nitrogens with zero attached hydrogens (tertiary/aromatic N) is 2. The summed E-state index contributed by atoms with van der Waals surface area (Å²) in [7, 11) is 0. The Hall–Kier alpha value is -1.49. The van der Waals surface area contributed by atoms with Crippen molar-refractivity contribution in [3.8, 4) is 0 Å². The summed E-state index contributed by atoms with van der Waals surface area (Å²) in [5, 5.41) is 3.41. The number of nitrogens with one attached hydrogen (secondary N) is 1. The van der Waals surface area contributed by atoms with Crippen LogP contribution in [0.5, 0.6) is 0 Å². The molecule has 3 rings (SSSR count). The van der Waals surface area contributed by atoms with Crippen molar-refractivity contribution >= 4 is 11.0 Å². The van der Waals surface area contributed by atoms with E-state index in [0.717, 1.165) is 38.3 Å². The average Bonchev–Trinajstić information content (AvgIpc) is 2.79. The highest BCUT2D eigenvalue weighted by Gasteiger charge is 2.26. The lowest BCUT2D eigenvalue weighted by Crippen LogP contribution is -2.33. The minimum absolute atomic E-state index is 0.173. The van der Waals surface area contributed by atoms with E-state index in [4.69, 9.17) is 0 Å². The summed E-state index contributed by atoms with van der Waals surface area (Å²) in [5.74, 6) is -0.258. The zero-order valence-corrected chi connectivity index (χ0v) is 13.4. The summed E-state index contributed by atoms with van der Waals surface area (Å²) in [4.78, 5) is 4.59. The molecule has 1 aliphatic heterocycles. The molecule has 1 aromatic heterocycles. The molecule has 5 heteroatoms. The molecule has 1 aliphatic rings. The van der Waals surface area contributed by atoms with Crippen molar-refractivity contribution in [2.75, 3.05) is 13.1 Å². The molecule has 0 amide bonds. The van der Waals surface area contributed by atoms with E-state index in [-0.39, 0.29) is 5.41 Å². The van der Waals surface area contributed by atoms with Crippen LogP contribution >= 0.6 is 0 Å². The highest BCUT2D eigenvalue weighted by molar-refractivity contribution is 5.76. The van der Waals surface area contributed by atoms with Gasteiger partial charge in [-0.25, -0.2) is 13.8 Å². The third-order valence-corrected chi connectivity index (χ3v) is 4.30. The van der Waals surface area contributed by atoms with Crippen molar-refractivity contribution in [1.29, 1.82) is 0 Å². The maximum Gasteiger partial charge on any atom is 0.161 e. The van der Waals surface area contributed by atoms with Crippen molar-refractivity contribution in [3.05, 3.63) is 29.6 Å². The Morgan fingerprint density at radius 3 is 2.64 bits per heavy atom. The van der Waals surface area contributed by atoms with Gasteiger partial charge in [0.15, 0.2) is 11.6 Å². The van der Waals surface area contributed by atoms with Crippen LogP contribution in [0.25, 0.3) is 11.0 Å². The minimum Gasteiger partial charge on any atom is -0.327 e. The number of benzene rings is 1. The SMILES string of the molecule is CC(C)(C)c1nc2cc(F)c(F)cc2n1CC1CCCNC1. The van der Waals surface area contributed by atoms with Gasteiger partial charge in [0.2, 0.25) is 0 Å². The molecule has 1 fully saturated rings. The zero-order valence-electron chi connectivity index (χ0n) is 13.4. The number of fused-ring (bicyclic) bond motifs is 1. The van der Waals surface area contributed by atoms with Gasteiger partial charge in [-0.1, -0.05) is 20.8 Å². The molecule has 0 bridgehead atoms. The van der Waals surface area contributed by atoms with E-state index in [1.54, 1.807) is 0 Å². The zero-order chi connectivity index (χ0) is 15.9. The second kappa shape index (κ2) is 5.61. The van der Waals surface area contributed by atoms with Crippen molar-refractivity contribution < 1.29 is 8.78 Å². The lowest BCUT2D eigenvalue weighted by atomic mass is 9.94. The molecule has 0 spiro atoms. The molecule has 0 saturated carbocycles. The highest BCUT2D eigenvalue weighted by atomic mass is 19.2. The van der Waals surface area contributed by atoms with Gasteiger partial charge in [0.1, 0.15) is 5.82 Å². The molecule has 2 heterocycles. The second-order valence-electron chi connectivity index (χ2n) is 7.26. The maximum atomic E-state index is 13.7. The van der Waals surface area contributed by atoms with Crippen molar-refractivity contribution in [1.82, 2.24) is 14.9 Å². The predicted molar refractivity (Wildman–Crippen MR) is 83.9 cm³/mol. The van der Waals surface area contributed by atoms with E-state index < -0.39 is 11.6 Å². The summed E-state index contributed by atoms with van der Waals surface area (Å²) in [6.45, 7) is 9.06. The molecule has 0 aliphatic carbocycles. The number of hydrogen-bond acceptors (Lipinski definition) is 2. The molecule has 0 radical (unpaired) electrons. The fourth-order valence-electron chi connectivity index (χ4n) is 3.22. The molecule has 3 nitrogen and oxygen atoms in total. The Morgan fingerprint density at radius 1 is 1.27 bits per heavy atom. The van der Waals surface area contributed by atoms with Crippen LogP contribution in [0, 0.1) is 17.6 Å². The Morgan fingerprint density at radius 2 is 2.00 bits per heavy atom. The molecule has 1 unspecified atom stereocenters. The van der Waals surface area contributed by atoms with Crippen LogP contribution in [0.4, 0.5) is 8.78 Å². The predicted octanol–water partition coefficient (Wildman–Crippen LogP) is 3.61. The summed E-state index contributed by atoms with van der Waals surface area (Å²) in [6, 6.07) is 2.48. The summed E-state index contributed by atoms with van der Waals surface area (Å²) in [5.41, 5.74) is 1.05. The van der Waals surface area contributed by atoms with Crippen LogP contribution in [0.3, 0.4) is 0 Å². The fourth-order valence-corrected chi connectivity index (χ4v) is 3.22. The molecule has 2 aromatic rings. The second-order valence-corrected chi connectivity index (χ2v) is 7.26. The van der Waals surface area contributed by atoms with Gasteiger partial charge in [0, 0.05) is 24.1 Å². The van der Waals surface area contributed by atoms with Gasteiger partial charge < -0.3 is 9.88 Å². The van der Waals surface area contributed by atoms with Crippen molar-refractivity contribution in [2.45, 2.75) is 45.6 Å². The largest absolute Gasteiger partial charge is 0.327 e. The van der Waals surface area contributed by atoms with Crippen LogP contribution in [0.2, 0.25) is 0 Å². The first-order chi connectivity index (χ1) is 10.4. The smallest absolute Gasteiger partial charge is 0.161 e. The fraction of sp³-hybridized carbons (Fsp3) is 0.588.